The molecule has 0 radical (unpaired) electrons. The number of hydrogen-bond acceptors (Lipinski definition) is 4. The number of morpholine rings is 1. The lowest BCUT2D eigenvalue weighted by molar-refractivity contribution is 0.0727. The first-order valence-corrected chi connectivity index (χ1v) is 4.60. The van der Waals surface area contributed by atoms with Gasteiger partial charge in [-0.1, -0.05) is 0 Å². The fourth-order valence-corrected chi connectivity index (χ4v) is 1.52. The molecule has 13 heavy (non-hydrogen) atoms. The number of aromatic nitrogens is 3. The maximum atomic E-state index is 5.36. The Morgan fingerprint density at radius 2 is 2.69 bits per heavy atom. The minimum Gasteiger partial charge on any atom is -0.378 e. The van der Waals surface area contributed by atoms with Gasteiger partial charge in [0.25, 0.3) is 0 Å². The Kier molecular flexibility index (Phi) is 2.56. The second-order valence-electron chi connectivity index (χ2n) is 3.02. The van der Waals surface area contributed by atoms with Gasteiger partial charge in [-0.05, 0) is 6.92 Å². The molecule has 72 valence electrons. The molecule has 0 spiro atoms. The lowest BCUT2D eigenvalue weighted by Crippen LogP contribution is -2.36. The van der Waals surface area contributed by atoms with Crippen LogP contribution in [0.1, 0.15) is 18.8 Å². The molecule has 1 saturated heterocycles. The summed E-state index contributed by atoms with van der Waals surface area (Å²) in [5.41, 5.74) is 0. The molecule has 1 unspecified atom stereocenters. The fourth-order valence-electron chi connectivity index (χ4n) is 1.52. The van der Waals surface area contributed by atoms with Crippen molar-refractivity contribution in [3.63, 3.8) is 0 Å². The molecule has 0 bridgehead atoms. The number of nitrogens with zero attached hydrogens (tertiary/aromatic N) is 3. The van der Waals surface area contributed by atoms with E-state index in [2.05, 4.69) is 22.3 Å². The quantitative estimate of drug-likeness (QED) is 0.697. The van der Waals surface area contributed by atoms with Crippen molar-refractivity contribution in [1.29, 1.82) is 0 Å². The monoisotopic (exact) mass is 182 g/mol. The van der Waals surface area contributed by atoms with Crippen LogP contribution in [0.15, 0.2) is 6.33 Å². The lowest BCUT2D eigenvalue weighted by Gasteiger charge is -2.23. The van der Waals surface area contributed by atoms with Crippen LogP contribution >= 0.6 is 0 Å². The predicted molar refractivity (Wildman–Crippen MR) is 47.3 cm³/mol. The van der Waals surface area contributed by atoms with Crippen molar-refractivity contribution >= 4 is 0 Å². The summed E-state index contributed by atoms with van der Waals surface area (Å²) in [6, 6.07) is 0.205. The molecule has 1 aromatic heterocycles. The average molecular weight is 182 g/mol. The summed E-state index contributed by atoms with van der Waals surface area (Å²) in [6.07, 6.45) is 1.59. The van der Waals surface area contributed by atoms with E-state index in [4.69, 9.17) is 4.74 Å². The zero-order valence-corrected chi connectivity index (χ0v) is 7.73. The minimum absolute atomic E-state index is 0.205. The van der Waals surface area contributed by atoms with Gasteiger partial charge in [-0.15, -0.1) is 0 Å². The minimum atomic E-state index is 0.205. The Morgan fingerprint density at radius 1 is 1.77 bits per heavy atom. The summed E-state index contributed by atoms with van der Waals surface area (Å²) < 4.78 is 7.26. The van der Waals surface area contributed by atoms with Crippen molar-refractivity contribution in [2.45, 2.75) is 19.5 Å². The Labute approximate surface area is 77.1 Å². The van der Waals surface area contributed by atoms with E-state index in [1.165, 1.54) is 0 Å². The van der Waals surface area contributed by atoms with Gasteiger partial charge in [0.2, 0.25) is 0 Å². The highest BCUT2D eigenvalue weighted by Gasteiger charge is 2.19. The van der Waals surface area contributed by atoms with Crippen LogP contribution < -0.4 is 5.32 Å². The van der Waals surface area contributed by atoms with E-state index in [0.29, 0.717) is 6.61 Å². The summed E-state index contributed by atoms with van der Waals surface area (Å²) in [6.45, 7) is 5.28. The summed E-state index contributed by atoms with van der Waals surface area (Å²) in [4.78, 5) is 4.22. The van der Waals surface area contributed by atoms with Crippen LogP contribution in [0.25, 0.3) is 0 Å². The Hall–Kier alpha value is -0.940. The largest absolute Gasteiger partial charge is 0.378 e. The molecule has 0 aliphatic carbocycles. The molecule has 1 aromatic rings. The standard InChI is InChI=1S/C8H14N4O/c1-2-12-8(10-6-11-12)7-5-13-4-3-9-7/h6-7,9H,2-5H2,1H3. The number of ether oxygens (including phenoxy) is 1. The second kappa shape index (κ2) is 3.85. The molecular weight excluding hydrogens is 168 g/mol. The first kappa shape index (κ1) is 8.65. The van der Waals surface area contributed by atoms with Crippen molar-refractivity contribution in [2.75, 3.05) is 19.8 Å². The molecule has 1 atom stereocenters. The molecule has 1 aliphatic heterocycles. The van der Waals surface area contributed by atoms with E-state index >= 15 is 0 Å². The third-order valence-corrected chi connectivity index (χ3v) is 2.18. The predicted octanol–water partition coefficient (Wildman–Crippen LogP) is -0.0411. The lowest BCUT2D eigenvalue weighted by atomic mass is 10.2. The number of aryl methyl sites for hydroxylation is 1. The van der Waals surface area contributed by atoms with Crippen LogP contribution in [0.4, 0.5) is 0 Å². The highest BCUT2D eigenvalue weighted by Crippen LogP contribution is 2.11. The first-order valence-electron chi connectivity index (χ1n) is 4.60. The van der Waals surface area contributed by atoms with E-state index in [0.717, 1.165) is 25.5 Å². The van der Waals surface area contributed by atoms with E-state index < -0.39 is 0 Å². The molecule has 1 aliphatic rings. The Morgan fingerprint density at radius 3 is 3.38 bits per heavy atom. The molecule has 1 fully saturated rings. The van der Waals surface area contributed by atoms with Gasteiger partial charge < -0.3 is 10.1 Å². The summed E-state index contributed by atoms with van der Waals surface area (Å²) in [5.74, 6) is 0.974. The second-order valence-corrected chi connectivity index (χ2v) is 3.02. The van der Waals surface area contributed by atoms with Gasteiger partial charge in [0.15, 0.2) is 0 Å². The van der Waals surface area contributed by atoms with Crippen molar-refractivity contribution in [3.05, 3.63) is 12.2 Å². The van der Waals surface area contributed by atoms with E-state index in [-0.39, 0.29) is 6.04 Å². The maximum Gasteiger partial charge on any atom is 0.146 e. The molecular formula is C8H14N4O. The van der Waals surface area contributed by atoms with E-state index in [1.54, 1.807) is 6.33 Å². The van der Waals surface area contributed by atoms with Gasteiger partial charge in [-0.3, -0.25) is 0 Å². The van der Waals surface area contributed by atoms with E-state index in [9.17, 15) is 0 Å². The highest BCUT2D eigenvalue weighted by molar-refractivity contribution is 4.95. The normalized spacial score (nSPS) is 23.3. The van der Waals surface area contributed by atoms with Crippen molar-refractivity contribution in [1.82, 2.24) is 20.1 Å². The number of hydrogen-bond donors (Lipinski definition) is 1. The third kappa shape index (κ3) is 1.71. The first-order chi connectivity index (χ1) is 6.42. The topological polar surface area (TPSA) is 52.0 Å². The summed E-state index contributed by atoms with van der Waals surface area (Å²) in [7, 11) is 0. The van der Waals surface area contributed by atoms with Crippen LogP contribution in [-0.2, 0) is 11.3 Å². The maximum absolute atomic E-state index is 5.36. The highest BCUT2D eigenvalue weighted by atomic mass is 16.5. The molecule has 2 heterocycles. The third-order valence-electron chi connectivity index (χ3n) is 2.18. The van der Waals surface area contributed by atoms with Crippen LogP contribution in [0.3, 0.4) is 0 Å². The average Bonchev–Trinajstić information content (AvgIpc) is 2.67. The Bertz CT molecular complexity index is 267. The Balaban J connectivity index is 2.13. The van der Waals surface area contributed by atoms with Crippen molar-refractivity contribution in [2.24, 2.45) is 0 Å². The molecule has 2 rings (SSSR count). The molecule has 0 amide bonds. The van der Waals surface area contributed by atoms with Gasteiger partial charge in [0, 0.05) is 13.1 Å². The smallest absolute Gasteiger partial charge is 0.146 e. The number of rotatable bonds is 2. The molecule has 0 saturated carbocycles. The zero-order chi connectivity index (χ0) is 9.10. The van der Waals surface area contributed by atoms with Crippen LogP contribution in [0, 0.1) is 0 Å². The summed E-state index contributed by atoms with van der Waals surface area (Å²) >= 11 is 0. The zero-order valence-electron chi connectivity index (χ0n) is 7.73. The van der Waals surface area contributed by atoms with Gasteiger partial charge >= 0.3 is 0 Å². The van der Waals surface area contributed by atoms with Crippen molar-refractivity contribution in [3.8, 4) is 0 Å². The van der Waals surface area contributed by atoms with E-state index in [1.807, 2.05) is 4.68 Å². The van der Waals surface area contributed by atoms with Crippen LogP contribution in [-0.4, -0.2) is 34.5 Å². The van der Waals surface area contributed by atoms with Gasteiger partial charge in [0.1, 0.15) is 12.2 Å². The van der Waals surface area contributed by atoms with Gasteiger partial charge in [-0.25, -0.2) is 9.67 Å². The van der Waals surface area contributed by atoms with Gasteiger partial charge in [-0.2, -0.15) is 5.10 Å². The molecule has 0 aromatic carbocycles. The summed E-state index contributed by atoms with van der Waals surface area (Å²) in [5, 5.41) is 7.47. The van der Waals surface area contributed by atoms with Crippen LogP contribution in [0.2, 0.25) is 0 Å². The number of nitrogens with one attached hydrogen (secondary N) is 1. The fraction of sp³-hybridized carbons (Fsp3) is 0.750. The van der Waals surface area contributed by atoms with Crippen LogP contribution in [0.5, 0.6) is 0 Å². The van der Waals surface area contributed by atoms with Crippen molar-refractivity contribution < 1.29 is 4.74 Å². The molecule has 5 heteroatoms. The van der Waals surface area contributed by atoms with Gasteiger partial charge in [0.05, 0.1) is 19.3 Å². The SMILES string of the molecule is CCn1ncnc1C1COCCN1. The molecule has 1 N–H and O–H groups in total. The molecule has 5 nitrogen and oxygen atoms in total.